The number of ether oxygens (including phenoxy) is 1. The number of likely N-dealkylation sites (tertiary alicyclic amines) is 1. The second-order valence-corrected chi connectivity index (χ2v) is 4.68. The van der Waals surface area contributed by atoms with Gasteiger partial charge in [-0.05, 0) is 32.2 Å². The highest BCUT2D eigenvalue weighted by Crippen LogP contribution is 2.24. The molecule has 2 atom stereocenters. The zero-order chi connectivity index (χ0) is 11.4. The lowest BCUT2D eigenvalue weighted by atomic mass is 9.93. The van der Waals surface area contributed by atoms with Gasteiger partial charge in [-0.2, -0.15) is 0 Å². The third kappa shape index (κ3) is 2.74. The molecule has 1 amide bonds. The maximum absolute atomic E-state index is 11.9. The van der Waals surface area contributed by atoms with Crippen molar-refractivity contribution >= 4 is 5.91 Å². The Morgan fingerprint density at radius 2 is 2.38 bits per heavy atom. The van der Waals surface area contributed by atoms with E-state index in [4.69, 9.17) is 4.74 Å². The van der Waals surface area contributed by atoms with Crippen LogP contribution in [0.2, 0.25) is 0 Å². The molecule has 4 heteroatoms. The van der Waals surface area contributed by atoms with E-state index in [1.807, 2.05) is 11.8 Å². The molecule has 2 fully saturated rings. The fourth-order valence-corrected chi connectivity index (χ4v) is 2.74. The highest BCUT2D eigenvalue weighted by molar-refractivity contribution is 5.76. The quantitative estimate of drug-likeness (QED) is 0.715. The Bertz CT molecular complexity index is 245. The van der Waals surface area contributed by atoms with Gasteiger partial charge in [-0.25, -0.2) is 0 Å². The Kier molecular flexibility index (Phi) is 4.18. The van der Waals surface area contributed by atoms with Crippen molar-refractivity contribution in [3.05, 3.63) is 0 Å². The van der Waals surface area contributed by atoms with Crippen molar-refractivity contribution in [2.24, 2.45) is 5.92 Å². The molecule has 0 aromatic rings. The van der Waals surface area contributed by atoms with Gasteiger partial charge in [-0.1, -0.05) is 0 Å². The summed E-state index contributed by atoms with van der Waals surface area (Å²) >= 11 is 0. The van der Waals surface area contributed by atoms with E-state index in [0.29, 0.717) is 31.6 Å². The molecule has 0 aliphatic carbocycles. The molecule has 0 spiro atoms. The minimum atomic E-state index is 0.263. The van der Waals surface area contributed by atoms with Crippen LogP contribution in [0, 0.1) is 5.92 Å². The normalized spacial score (nSPS) is 29.2. The van der Waals surface area contributed by atoms with E-state index in [0.717, 1.165) is 26.1 Å². The maximum atomic E-state index is 11.9. The number of rotatable bonds is 4. The summed E-state index contributed by atoms with van der Waals surface area (Å²) in [6.07, 6.45) is 2.88. The van der Waals surface area contributed by atoms with E-state index >= 15 is 0 Å². The first-order valence-electron chi connectivity index (χ1n) is 6.40. The molecule has 2 heterocycles. The van der Waals surface area contributed by atoms with Crippen LogP contribution in [-0.4, -0.2) is 49.7 Å². The van der Waals surface area contributed by atoms with E-state index in [1.54, 1.807) is 0 Å². The van der Waals surface area contributed by atoms with E-state index in [9.17, 15) is 4.79 Å². The van der Waals surface area contributed by atoms with Crippen LogP contribution in [0.25, 0.3) is 0 Å². The molecule has 2 unspecified atom stereocenters. The summed E-state index contributed by atoms with van der Waals surface area (Å²) < 4.78 is 5.22. The second-order valence-electron chi connectivity index (χ2n) is 4.68. The predicted octanol–water partition coefficient (Wildman–Crippen LogP) is 0.623. The van der Waals surface area contributed by atoms with Crippen molar-refractivity contribution in [2.75, 3.05) is 32.8 Å². The summed E-state index contributed by atoms with van der Waals surface area (Å²) in [6, 6.07) is 0.663. The zero-order valence-electron chi connectivity index (χ0n) is 10.1. The standard InChI is InChI=1S/C12H22N2O2/c1-2-16-8-5-12(15)14-7-4-11-10(9-14)3-6-13-11/h10-11,13H,2-9H2,1H3. The van der Waals surface area contributed by atoms with Crippen molar-refractivity contribution in [2.45, 2.75) is 32.2 Å². The second kappa shape index (κ2) is 5.64. The van der Waals surface area contributed by atoms with E-state index < -0.39 is 0 Å². The average Bonchev–Trinajstić information content (AvgIpc) is 2.76. The molecule has 92 valence electrons. The third-order valence-electron chi connectivity index (χ3n) is 3.67. The molecule has 0 saturated carbocycles. The van der Waals surface area contributed by atoms with Gasteiger partial charge >= 0.3 is 0 Å². The molecule has 2 aliphatic rings. The average molecular weight is 226 g/mol. The molecule has 2 rings (SSSR count). The monoisotopic (exact) mass is 226 g/mol. The molecule has 2 saturated heterocycles. The SMILES string of the molecule is CCOCCC(=O)N1CCC2NCCC2C1. The molecule has 4 nitrogen and oxygen atoms in total. The van der Waals surface area contributed by atoms with Gasteiger partial charge in [-0.15, -0.1) is 0 Å². The molecule has 0 bridgehead atoms. The topological polar surface area (TPSA) is 41.6 Å². The Labute approximate surface area is 97.3 Å². The first-order chi connectivity index (χ1) is 7.81. The Balaban J connectivity index is 1.75. The minimum Gasteiger partial charge on any atom is -0.381 e. The van der Waals surface area contributed by atoms with Crippen LogP contribution in [-0.2, 0) is 9.53 Å². The highest BCUT2D eigenvalue weighted by atomic mass is 16.5. The van der Waals surface area contributed by atoms with Gasteiger partial charge < -0.3 is 15.0 Å². The first kappa shape index (κ1) is 11.9. The largest absolute Gasteiger partial charge is 0.381 e. The van der Waals surface area contributed by atoms with Crippen LogP contribution < -0.4 is 5.32 Å². The molecule has 0 aromatic carbocycles. The lowest BCUT2D eigenvalue weighted by Gasteiger charge is -2.34. The number of hydrogen-bond acceptors (Lipinski definition) is 3. The Morgan fingerprint density at radius 3 is 3.19 bits per heavy atom. The van der Waals surface area contributed by atoms with Crippen LogP contribution >= 0.6 is 0 Å². The number of carbonyl (C=O) groups excluding carboxylic acids is 1. The van der Waals surface area contributed by atoms with E-state index in [2.05, 4.69) is 5.32 Å². The molecule has 0 radical (unpaired) electrons. The number of carbonyl (C=O) groups is 1. The number of hydrogen-bond donors (Lipinski definition) is 1. The minimum absolute atomic E-state index is 0.263. The highest BCUT2D eigenvalue weighted by Gasteiger charge is 2.33. The summed E-state index contributed by atoms with van der Waals surface area (Å²) in [5.74, 6) is 0.948. The van der Waals surface area contributed by atoms with Crippen LogP contribution in [0.1, 0.15) is 26.2 Å². The smallest absolute Gasteiger partial charge is 0.224 e. The van der Waals surface area contributed by atoms with Crippen molar-refractivity contribution in [3.8, 4) is 0 Å². The molecule has 1 N–H and O–H groups in total. The summed E-state index contributed by atoms with van der Waals surface area (Å²) in [5.41, 5.74) is 0. The predicted molar refractivity (Wildman–Crippen MR) is 62.2 cm³/mol. The lowest BCUT2D eigenvalue weighted by Crippen LogP contribution is -2.47. The van der Waals surface area contributed by atoms with Crippen LogP contribution in [0.3, 0.4) is 0 Å². The van der Waals surface area contributed by atoms with Crippen LogP contribution in [0.4, 0.5) is 0 Å². The molecular formula is C12H22N2O2. The van der Waals surface area contributed by atoms with Gasteiger partial charge in [0.05, 0.1) is 13.0 Å². The first-order valence-corrected chi connectivity index (χ1v) is 6.40. The van der Waals surface area contributed by atoms with Crippen LogP contribution in [0.15, 0.2) is 0 Å². The van der Waals surface area contributed by atoms with Crippen molar-refractivity contribution < 1.29 is 9.53 Å². The number of amides is 1. The Morgan fingerprint density at radius 1 is 1.50 bits per heavy atom. The zero-order valence-corrected chi connectivity index (χ0v) is 10.1. The van der Waals surface area contributed by atoms with Crippen molar-refractivity contribution in [1.82, 2.24) is 10.2 Å². The number of fused-ring (bicyclic) bond motifs is 1. The summed E-state index contributed by atoms with van der Waals surface area (Å²) in [6.45, 7) is 6.21. The fraction of sp³-hybridized carbons (Fsp3) is 0.917. The summed E-state index contributed by atoms with van der Waals surface area (Å²) in [7, 11) is 0. The van der Waals surface area contributed by atoms with E-state index in [1.165, 1.54) is 6.42 Å². The summed E-state index contributed by atoms with van der Waals surface area (Å²) in [5, 5.41) is 3.51. The molecular weight excluding hydrogens is 204 g/mol. The van der Waals surface area contributed by atoms with Gasteiger partial charge in [0.2, 0.25) is 5.91 Å². The van der Waals surface area contributed by atoms with Crippen molar-refractivity contribution in [3.63, 3.8) is 0 Å². The maximum Gasteiger partial charge on any atom is 0.224 e. The molecule has 16 heavy (non-hydrogen) atoms. The van der Waals surface area contributed by atoms with Gasteiger partial charge in [0, 0.05) is 25.7 Å². The van der Waals surface area contributed by atoms with E-state index in [-0.39, 0.29) is 5.91 Å². The molecule has 0 aromatic heterocycles. The lowest BCUT2D eigenvalue weighted by molar-refractivity contribution is -0.134. The fourth-order valence-electron chi connectivity index (χ4n) is 2.74. The number of nitrogens with one attached hydrogen (secondary N) is 1. The van der Waals surface area contributed by atoms with Gasteiger partial charge in [0.25, 0.3) is 0 Å². The third-order valence-corrected chi connectivity index (χ3v) is 3.67. The van der Waals surface area contributed by atoms with Gasteiger partial charge in [-0.3, -0.25) is 4.79 Å². The van der Waals surface area contributed by atoms with Gasteiger partial charge in [0.15, 0.2) is 0 Å². The van der Waals surface area contributed by atoms with Crippen LogP contribution in [0.5, 0.6) is 0 Å². The Hall–Kier alpha value is -0.610. The molecule has 2 aliphatic heterocycles. The van der Waals surface area contributed by atoms with Crippen molar-refractivity contribution in [1.29, 1.82) is 0 Å². The number of nitrogens with zero attached hydrogens (tertiary/aromatic N) is 1. The van der Waals surface area contributed by atoms with Gasteiger partial charge in [0.1, 0.15) is 0 Å². The number of piperidine rings is 1. The summed E-state index contributed by atoms with van der Waals surface area (Å²) in [4.78, 5) is 13.9.